The molecule has 0 saturated heterocycles. The monoisotopic (exact) mass is 503 g/mol. The zero-order chi connectivity index (χ0) is 26.1. The first-order valence-electron chi connectivity index (χ1n) is 11.4. The lowest BCUT2D eigenvalue weighted by atomic mass is 9.88. The molecule has 1 aromatic carbocycles. The quantitative estimate of drug-likeness (QED) is 0.553. The number of aryl methyl sites for hydroxylation is 2. The van der Waals surface area contributed by atoms with Crippen LogP contribution in [0.3, 0.4) is 0 Å². The Kier molecular flexibility index (Phi) is 7.30. The summed E-state index contributed by atoms with van der Waals surface area (Å²) in [6, 6.07) is 6.19. The van der Waals surface area contributed by atoms with Gasteiger partial charge in [0.25, 0.3) is 15.9 Å². The first kappa shape index (κ1) is 26.3. The first-order valence-corrected chi connectivity index (χ1v) is 12.8. The fraction of sp³-hybridized carbons (Fsp3) is 0.458. The number of aromatic nitrogens is 2. The van der Waals surface area contributed by atoms with Crippen LogP contribution in [0.4, 0.5) is 10.5 Å². The molecule has 10 nitrogen and oxygen atoms in total. The second kappa shape index (κ2) is 9.73. The van der Waals surface area contributed by atoms with Crippen molar-refractivity contribution < 1.29 is 23.1 Å². The minimum absolute atomic E-state index is 0.0574. The van der Waals surface area contributed by atoms with Gasteiger partial charge in [0.15, 0.2) is 5.69 Å². The highest BCUT2D eigenvalue weighted by Gasteiger charge is 2.31. The average molecular weight is 504 g/mol. The number of sulfonamides is 1. The summed E-state index contributed by atoms with van der Waals surface area (Å²) in [4.78, 5) is 25.9. The predicted octanol–water partition coefficient (Wildman–Crippen LogP) is 3.46. The third-order valence-electron chi connectivity index (χ3n) is 6.26. The Morgan fingerprint density at radius 1 is 1.17 bits per heavy atom. The summed E-state index contributed by atoms with van der Waals surface area (Å²) in [7, 11) is -2.45. The standard InChI is InChI=1S/C24H33N5O5S/c1-15-7-9-18(10-8-15)35(33,34)27-20-19(17-11-13-29(14-12-17)23(31)32)26-28(6)21(20)22(30)25-16(2)24(3,4)5/h7-11,16,27H,12-14H2,1-6H3,(H,25,30)(H,31,32). The Bertz CT molecular complexity index is 1260. The van der Waals surface area contributed by atoms with Crippen molar-refractivity contribution in [2.45, 2.75) is 52.0 Å². The van der Waals surface area contributed by atoms with Gasteiger partial charge < -0.3 is 15.3 Å². The predicted molar refractivity (Wildman–Crippen MR) is 134 cm³/mol. The van der Waals surface area contributed by atoms with E-state index in [4.69, 9.17) is 0 Å². The molecule has 1 unspecified atom stereocenters. The molecule has 1 atom stereocenters. The normalized spacial score (nSPS) is 15.4. The third kappa shape index (κ3) is 5.84. The fourth-order valence-corrected chi connectivity index (χ4v) is 4.63. The van der Waals surface area contributed by atoms with Crippen molar-refractivity contribution in [3.8, 4) is 0 Å². The van der Waals surface area contributed by atoms with Crippen LogP contribution in [0.2, 0.25) is 0 Å². The number of carbonyl (C=O) groups is 2. The van der Waals surface area contributed by atoms with Crippen molar-refractivity contribution in [3.05, 3.63) is 47.3 Å². The zero-order valence-corrected chi connectivity index (χ0v) is 21.7. The van der Waals surface area contributed by atoms with Gasteiger partial charge in [-0.05, 0) is 43.4 Å². The van der Waals surface area contributed by atoms with Gasteiger partial charge in [-0.15, -0.1) is 0 Å². The molecule has 0 spiro atoms. The average Bonchev–Trinajstić information content (AvgIpc) is 3.08. The Balaban J connectivity index is 2.08. The number of nitrogens with zero attached hydrogens (tertiary/aromatic N) is 3. The van der Waals surface area contributed by atoms with Crippen LogP contribution in [-0.2, 0) is 17.1 Å². The molecule has 0 radical (unpaired) electrons. The second-order valence-corrected chi connectivity index (χ2v) is 11.6. The largest absolute Gasteiger partial charge is 0.465 e. The molecule has 3 rings (SSSR count). The van der Waals surface area contributed by atoms with Crippen LogP contribution in [0.25, 0.3) is 5.57 Å². The molecule has 2 amide bonds. The molecule has 35 heavy (non-hydrogen) atoms. The molecule has 2 heterocycles. The van der Waals surface area contributed by atoms with E-state index < -0.39 is 22.0 Å². The van der Waals surface area contributed by atoms with E-state index in [1.54, 1.807) is 25.3 Å². The first-order chi connectivity index (χ1) is 16.2. The zero-order valence-electron chi connectivity index (χ0n) is 20.9. The summed E-state index contributed by atoms with van der Waals surface area (Å²) in [6.45, 7) is 10.1. The molecule has 0 bridgehead atoms. The summed E-state index contributed by atoms with van der Waals surface area (Å²) in [6.07, 6.45) is 1.00. The number of anilines is 1. The van der Waals surface area contributed by atoms with Gasteiger partial charge in [-0.2, -0.15) is 5.10 Å². The number of benzene rings is 1. The van der Waals surface area contributed by atoms with E-state index in [-0.39, 0.29) is 40.8 Å². The van der Waals surface area contributed by atoms with Crippen LogP contribution in [0.15, 0.2) is 35.2 Å². The molecule has 1 aromatic heterocycles. The summed E-state index contributed by atoms with van der Waals surface area (Å²) in [5.41, 5.74) is 1.82. The maximum absolute atomic E-state index is 13.3. The van der Waals surface area contributed by atoms with Gasteiger partial charge in [0.2, 0.25) is 0 Å². The van der Waals surface area contributed by atoms with Crippen LogP contribution in [0.1, 0.15) is 55.9 Å². The molecule has 3 N–H and O–H groups in total. The van der Waals surface area contributed by atoms with Gasteiger partial charge in [0.05, 0.1) is 4.90 Å². The highest BCUT2D eigenvalue weighted by Crippen LogP contribution is 2.33. The lowest BCUT2D eigenvalue weighted by Crippen LogP contribution is -2.42. The van der Waals surface area contributed by atoms with E-state index in [1.807, 2.05) is 34.6 Å². The highest BCUT2D eigenvalue weighted by molar-refractivity contribution is 7.92. The molecule has 0 fully saturated rings. The van der Waals surface area contributed by atoms with E-state index >= 15 is 0 Å². The van der Waals surface area contributed by atoms with Gasteiger partial charge in [-0.3, -0.25) is 14.2 Å². The summed E-state index contributed by atoms with van der Waals surface area (Å²) in [5.74, 6) is -0.459. The molecule has 0 aliphatic carbocycles. The van der Waals surface area contributed by atoms with Gasteiger partial charge in [0, 0.05) is 26.2 Å². The number of hydrogen-bond acceptors (Lipinski definition) is 5. The Hall–Kier alpha value is -3.34. The number of amides is 2. The molecule has 190 valence electrons. The van der Waals surface area contributed by atoms with Crippen molar-refractivity contribution in [2.75, 3.05) is 17.8 Å². The van der Waals surface area contributed by atoms with Crippen molar-refractivity contribution in [2.24, 2.45) is 12.5 Å². The molecule has 2 aromatic rings. The van der Waals surface area contributed by atoms with Crippen molar-refractivity contribution in [1.29, 1.82) is 0 Å². The number of hydrogen-bond donors (Lipinski definition) is 3. The van der Waals surface area contributed by atoms with E-state index in [0.717, 1.165) is 5.56 Å². The lowest BCUT2D eigenvalue weighted by Gasteiger charge is -2.28. The topological polar surface area (TPSA) is 134 Å². The fourth-order valence-electron chi connectivity index (χ4n) is 3.56. The van der Waals surface area contributed by atoms with Crippen molar-refractivity contribution in [3.63, 3.8) is 0 Å². The van der Waals surface area contributed by atoms with Crippen LogP contribution in [0, 0.1) is 12.3 Å². The van der Waals surface area contributed by atoms with E-state index in [9.17, 15) is 23.1 Å². The van der Waals surface area contributed by atoms with Crippen LogP contribution >= 0.6 is 0 Å². The second-order valence-electron chi connectivity index (χ2n) is 9.88. The number of nitrogens with one attached hydrogen (secondary N) is 2. The minimum Gasteiger partial charge on any atom is -0.465 e. The van der Waals surface area contributed by atoms with Crippen molar-refractivity contribution in [1.82, 2.24) is 20.0 Å². The summed E-state index contributed by atoms with van der Waals surface area (Å²) < 4.78 is 30.5. The van der Waals surface area contributed by atoms with Crippen LogP contribution < -0.4 is 10.0 Å². The molecular weight excluding hydrogens is 470 g/mol. The van der Waals surface area contributed by atoms with E-state index in [1.165, 1.54) is 21.7 Å². The SMILES string of the molecule is Cc1ccc(S(=O)(=O)Nc2c(C3=CCN(C(=O)O)CC3)nn(C)c2C(=O)NC(C)C(C)(C)C)cc1. The molecular formula is C24H33N5O5S. The van der Waals surface area contributed by atoms with Crippen LogP contribution in [-0.4, -0.2) is 59.3 Å². The Labute approximate surface area is 206 Å². The number of carbonyl (C=O) groups excluding carboxylic acids is 1. The maximum atomic E-state index is 13.3. The lowest BCUT2D eigenvalue weighted by molar-refractivity contribution is 0.0901. The molecule has 0 saturated carbocycles. The maximum Gasteiger partial charge on any atom is 0.407 e. The van der Waals surface area contributed by atoms with Gasteiger partial charge >= 0.3 is 6.09 Å². The molecule has 1 aliphatic heterocycles. The third-order valence-corrected chi connectivity index (χ3v) is 7.63. The van der Waals surface area contributed by atoms with Crippen molar-refractivity contribution >= 4 is 33.3 Å². The van der Waals surface area contributed by atoms with Gasteiger partial charge in [-0.25, -0.2) is 13.2 Å². The Morgan fingerprint density at radius 3 is 2.31 bits per heavy atom. The molecule has 1 aliphatic rings. The Morgan fingerprint density at radius 2 is 1.80 bits per heavy atom. The highest BCUT2D eigenvalue weighted by atomic mass is 32.2. The summed E-state index contributed by atoms with van der Waals surface area (Å²) in [5, 5.41) is 16.7. The van der Waals surface area contributed by atoms with Crippen LogP contribution in [0.5, 0.6) is 0 Å². The minimum atomic E-state index is -4.03. The van der Waals surface area contributed by atoms with E-state index in [0.29, 0.717) is 17.7 Å². The number of rotatable bonds is 6. The smallest absolute Gasteiger partial charge is 0.407 e. The van der Waals surface area contributed by atoms with Gasteiger partial charge in [0.1, 0.15) is 11.4 Å². The van der Waals surface area contributed by atoms with Gasteiger partial charge in [-0.1, -0.05) is 44.5 Å². The number of carboxylic acid groups (broad SMARTS) is 1. The summed E-state index contributed by atoms with van der Waals surface area (Å²) >= 11 is 0. The van der Waals surface area contributed by atoms with E-state index in [2.05, 4.69) is 15.1 Å². The molecule has 11 heteroatoms.